The van der Waals surface area contributed by atoms with Gasteiger partial charge in [0.1, 0.15) is 6.61 Å². The molecule has 0 aromatic heterocycles. The van der Waals surface area contributed by atoms with Gasteiger partial charge in [0.05, 0.1) is 5.60 Å². The molecule has 0 aliphatic carbocycles. The van der Waals surface area contributed by atoms with Gasteiger partial charge in [-0.05, 0) is 13.3 Å². The van der Waals surface area contributed by atoms with Crippen molar-refractivity contribution >= 4 is 5.78 Å². The number of Topliss-reactive ketones (excluding diaryl/α,β-unsaturated/α-hetero) is 1. The first-order chi connectivity index (χ1) is 4.66. The molecule has 1 aliphatic heterocycles. The lowest BCUT2D eigenvalue weighted by molar-refractivity contribution is -0.135. The van der Waals surface area contributed by atoms with E-state index in [9.17, 15) is 4.79 Å². The Balaban J connectivity index is 2.53. The fourth-order valence-corrected chi connectivity index (χ4v) is 0.938. The molecule has 1 atom stereocenters. The Morgan fingerprint density at radius 2 is 2.50 bits per heavy atom. The first-order valence-electron chi connectivity index (χ1n) is 3.45. The lowest BCUT2D eigenvalue weighted by atomic mass is 9.96. The maximum atomic E-state index is 10.7. The Labute approximate surface area is 60.9 Å². The Morgan fingerprint density at radius 1 is 1.80 bits per heavy atom. The van der Waals surface area contributed by atoms with Gasteiger partial charge in [0.25, 0.3) is 0 Å². The molecule has 56 valence electrons. The molecule has 2 nitrogen and oxygen atoms in total. The van der Waals surface area contributed by atoms with Crippen molar-refractivity contribution in [3.8, 4) is 0 Å². The predicted octanol–water partition coefficient (Wildman–Crippen LogP) is 1.31. The van der Waals surface area contributed by atoms with Crippen LogP contribution < -0.4 is 0 Å². The van der Waals surface area contributed by atoms with E-state index in [0.717, 1.165) is 6.42 Å². The number of hydrogen-bond donors (Lipinski definition) is 0. The first kappa shape index (κ1) is 7.48. The van der Waals surface area contributed by atoms with E-state index in [1.165, 1.54) is 0 Å². The summed E-state index contributed by atoms with van der Waals surface area (Å²) in [5.74, 6) is 0.194. The molecule has 1 aliphatic rings. The van der Waals surface area contributed by atoms with Gasteiger partial charge in [-0.15, -0.1) is 6.58 Å². The smallest absolute Gasteiger partial charge is 0.158 e. The second kappa shape index (κ2) is 2.54. The highest BCUT2D eigenvalue weighted by Gasteiger charge is 2.27. The molecule has 0 spiro atoms. The van der Waals surface area contributed by atoms with Crippen molar-refractivity contribution in [3.63, 3.8) is 0 Å². The first-order valence-corrected chi connectivity index (χ1v) is 3.45. The molecule has 0 aromatic rings. The topological polar surface area (TPSA) is 26.3 Å². The van der Waals surface area contributed by atoms with E-state index in [1.807, 2.05) is 6.92 Å². The van der Waals surface area contributed by atoms with Crippen molar-refractivity contribution in [1.29, 1.82) is 0 Å². The molecule has 0 N–H and O–H groups in total. The predicted molar refractivity (Wildman–Crippen MR) is 38.8 cm³/mol. The van der Waals surface area contributed by atoms with E-state index in [2.05, 4.69) is 6.58 Å². The van der Waals surface area contributed by atoms with E-state index < -0.39 is 0 Å². The average molecular weight is 140 g/mol. The quantitative estimate of drug-likeness (QED) is 0.513. The summed E-state index contributed by atoms with van der Waals surface area (Å²) in [5.41, 5.74) is -0.256. The molecule has 0 aromatic carbocycles. The summed E-state index contributed by atoms with van der Waals surface area (Å²) in [5, 5.41) is 0. The third-order valence-corrected chi connectivity index (χ3v) is 1.89. The largest absolute Gasteiger partial charge is 0.363 e. The van der Waals surface area contributed by atoms with Gasteiger partial charge >= 0.3 is 0 Å². The molecule has 1 rings (SSSR count). The minimum atomic E-state index is -0.256. The van der Waals surface area contributed by atoms with Gasteiger partial charge in [-0.1, -0.05) is 6.08 Å². The number of ether oxygens (including phenoxy) is 1. The van der Waals surface area contributed by atoms with E-state index in [4.69, 9.17) is 4.74 Å². The number of hydrogen-bond acceptors (Lipinski definition) is 2. The Morgan fingerprint density at radius 3 is 2.90 bits per heavy atom. The van der Waals surface area contributed by atoms with Crippen molar-refractivity contribution in [2.75, 3.05) is 6.61 Å². The fraction of sp³-hybridized carbons (Fsp3) is 0.625. The molecule has 2 heteroatoms. The molecule has 1 fully saturated rings. The highest BCUT2D eigenvalue weighted by molar-refractivity contribution is 5.80. The molecule has 1 heterocycles. The Hall–Kier alpha value is -0.630. The number of rotatable bonds is 1. The summed E-state index contributed by atoms with van der Waals surface area (Å²) in [7, 11) is 0. The van der Waals surface area contributed by atoms with Crippen molar-refractivity contribution in [3.05, 3.63) is 12.7 Å². The van der Waals surface area contributed by atoms with Gasteiger partial charge in [0, 0.05) is 6.42 Å². The minimum Gasteiger partial charge on any atom is -0.363 e. The summed E-state index contributed by atoms with van der Waals surface area (Å²) in [6.45, 7) is 5.85. The van der Waals surface area contributed by atoms with E-state index >= 15 is 0 Å². The van der Waals surface area contributed by atoms with Crippen LogP contribution in [0.3, 0.4) is 0 Å². The van der Waals surface area contributed by atoms with Crippen LogP contribution in [0.4, 0.5) is 0 Å². The highest BCUT2D eigenvalue weighted by Crippen LogP contribution is 2.23. The second-order valence-corrected chi connectivity index (χ2v) is 2.84. The summed E-state index contributed by atoms with van der Waals surface area (Å²) in [6, 6.07) is 0. The van der Waals surface area contributed by atoms with Crippen LogP contribution in [0.1, 0.15) is 19.8 Å². The molecule has 0 saturated carbocycles. The molecule has 0 radical (unpaired) electrons. The van der Waals surface area contributed by atoms with Crippen molar-refractivity contribution in [2.45, 2.75) is 25.4 Å². The minimum absolute atomic E-state index is 0.194. The van der Waals surface area contributed by atoms with Gasteiger partial charge in [-0.2, -0.15) is 0 Å². The van der Waals surface area contributed by atoms with Crippen LogP contribution in [0.15, 0.2) is 12.7 Å². The van der Waals surface area contributed by atoms with Crippen LogP contribution in [0, 0.1) is 0 Å². The standard InChI is InChI=1S/C8H12O2/c1-3-8(2)5-4-7(9)6-10-8/h3H,1,4-6H2,2H3. The van der Waals surface area contributed by atoms with Gasteiger partial charge in [-0.25, -0.2) is 0 Å². The molecule has 0 bridgehead atoms. The molecule has 0 amide bonds. The van der Waals surface area contributed by atoms with Gasteiger partial charge < -0.3 is 4.74 Å². The zero-order chi connectivity index (χ0) is 7.61. The lowest BCUT2D eigenvalue weighted by Crippen LogP contribution is -2.34. The van der Waals surface area contributed by atoms with Crippen LogP contribution in [0.5, 0.6) is 0 Å². The normalized spacial score (nSPS) is 33.9. The average Bonchev–Trinajstić information content (AvgIpc) is 1.96. The van der Waals surface area contributed by atoms with Gasteiger partial charge in [0.2, 0.25) is 0 Å². The number of carbonyl (C=O) groups excluding carboxylic acids is 1. The summed E-state index contributed by atoms with van der Waals surface area (Å²) < 4.78 is 5.26. The maximum absolute atomic E-state index is 10.7. The van der Waals surface area contributed by atoms with Crippen molar-refractivity contribution in [1.82, 2.24) is 0 Å². The molecular weight excluding hydrogens is 128 g/mol. The van der Waals surface area contributed by atoms with Crippen LogP contribution in [-0.2, 0) is 9.53 Å². The Bertz CT molecular complexity index is 151. The zero-order valence-electron chi connectivity index (χ0n) is 6.22. The lowest BCUT2D eigenvalue weighted by Gasteiger charge is -2.29. The van der Waals surface area contributed by atoms with E-state index in [1.54, 1.807) is 6.08 Å². The maximum Gasteiger partial charge on any atom is 0.158 e. The molecular formula is C8H12O2. The van der Waals surface area contributed by atoms with Crippen LogP contribution in [0.2, 0.25) is 0 Å². The fourth-order valence-electron chi connectivity index (χ4n) is 0.938. The summed E-state index contributed by atoms with van der Waals surface area (Å²) in [6.07, 6.45) is 3.16. The molecule has 10 heavy (non-hydrogen) atoms. The summed E-state index contributed by atoms with van der Waals surface area (Å²) >= 11 is 0. The van der Waals surface area contributed by atoms with E-state index in [-0.39, 0.29) is 18.0 Å². The molecule has 1 saturated heterocycles. The van der Waals surface area contributed by atoms with Crippen LogP contribution in [0.25, 0.3) is 0 Å². The van der Waals surface area contributed by atoms with Gasteiger partial charge in [-0.3, -0.25) is 4.79 Å². The van der Waals surface area contributed by atoms with Crippen molar-refractivity contribution < 1.29 is 9.53 Å². The monoisotopic (exact) mass is 140 g/mol. The van der Waals surface area contributed by atoms with Crippen LogP contribution in [-0.4, -0.2) is 18.0 Å². The third-order valence-electron chi connectivity index (χ3n) is 1.89. The van der Waals surface area contributed by atoms with Gasteiger partial charge in [0.15, 0.2) is 5.78 Å². The highest BCUT2D eigenvalue weighted by atomic mass is 16.5. The molecule has 1 unspecified atom stereocenters. The third kappa shape index (κ3) is 1.45. The zero-order valence-corrected chi connectivity index (χ0v) is 6.22. The number of carbonyl (C=O) groups is 1. The summed E-state index contributed by atoms with van der Waals surface area (Å²) in [4.78, 5) is 10.7. The second-order valence-electron chi connectivity index (χ2n) is 2.84. The van der Waals surface area contributed by atoms with Crippen LogP contribution >= 0.6 is 0 Å². The van der Waals surface area contributed by atoms with Crippen molar-refractivity contribution in [2.24, 2.45) is 0 Å². The number of ketones is 1. The van der Waals surface area contributed by atoms with E-state index in [0.29, 0.717) is 6.42 Å². The Kier molecular flexibility index (Phi) is 1.90. The SMILES string of the molecule is C=CC1(C)CCC(=O)CO1.